The zero-order chi connectivity index (χ0) is 19.2. The van der Waals surface area contributed by atoms with Crippen LogP contribution in [-0.2, 0) is 9.63 Å². The number of oxime groups is 1. The van der Waals surface area contributed by atoms with Gasteiger partial charge in [0.1, 0.15) is 7.11 Å². The van der Waals surface area contributed by atoms with Crippen LogP contribution in [0.5, 0.6) is 0 Å². The van der Waals surface area contributed by atoms with Gasteiger partial charge in [0.05, 0.1) is 12.3 Å². The first-order valence-corrected chi connectivity index (χ1v) is 8.85. The summed E-state index contributed by atoms with van der Waals surface area (Å²) in [5.74, 6) is -0.988. The van der Waals surface area contributed by atoms with Crippen LogP contribution in [0.1, 0.15) is 29.6 Å². The second-order valence-corrected chi connectivity index (χ2v) is 6.51. The first-order valence-electron chi connectivity index (χ1n) is 8.85. The molecule has 1 fully saturated rings. The van der Waals surface area contributed by atoms with Crippen molar-refractivity contribution >= 4 is 17.6 Å². The maximum absolute atomic E-state index is 13.0. The molecule has 0 aromatic heterocycles. The summed E-state index contributed by atoms with van der Waals surface area (Å²) < 4.78 is 0. The number of amides is 1. The van der Waals surface area contributed by atoms with Crippen molar-refractivity contribution in [1.82, 2.24) is 4.90 Å². The van der Waals surface area contributed by atoms with E-state index in [2.05, 4.69) is 5.16 Å². The molecule has 1 N–H and O–H groups in total. The molecular weight excluding hydrogens is 344 g/mol. The van der Waals surface area contributed by atoms with Gasteiger partial charge in [0.2, 0.25) is 0 Å². The van der Waals surface area contributed by atoms with E-state index in [4.69, 9.17) is 9.94 Å². The van der Waals surface area contributed by atoms with Crippen LogP contribution in [0.15, 0.2) is 59.8 Å². The van der Waals surface area contributed by atoms with Crippen molar-refractivity contribution in [2.24, 2.45) is 5.16 Å². The lowest BCUT2D eigenvalue weighted by Gasteiger charge is -2.23. The highest BCUT2D eigenvalue weighted by Gasteiger charge is 2.33. The molecule has 0 saturated carbocycles. The van der Waals surface area contributed by atoms with Gasteiger partial charge in [0.25, 0.3) is 5.91 Å². The molecule has 0 radical (unpaired) electrons. The Balaban J connectivity index is 1.77. The Labute approximate surface area is 158 Å². The molecule has 1 atom stereocenters. The third kappa shape index (κ3) is 4.53. The van der Waals surface area contributed by atoms with Crippen molar-refractivity contribution in [1.29, 1.82) is 0 Å². The Kier molecular flexibility index (Phi) is 5.86. The largest absolute Gasteiger partial charge is 0.481 e. The minimum Gasteiger partial charge on any atom is -0.481 e. The number of aliphatic carboxylic acids is 1. The maximum atomic E-state index is 13.0. The summed E-state index contributed by atoms with van der Waals surface area (Å²) in [6.45, 7) is 0.359. The lowest BCUT2D eigenvalue weighted by atomic mass is 10.0. The van der Waals surface area contributed by atoms with E-state index in [1.807, 2.05) is 54.6 Å². The maximum Gasteiger partial charge on any atom is 0.303 e. The number of carboxylic acid groups (broad SMARTS) is 1. The minimum atomic E-state index is -0.869. The summed E-state index contributed by atoms with van der Waals surface area (Å²) in [4.78, 5) is 30.4. The van der Waals surface area contributed by atoms with Crippen molar-refractivity contribution in [3.05, 3.63) is 60.2 Å². The van der Waals surface area contributed by atoms with Gasteiger partial charge in [-0.15, -0.1) is 0 Å². The number of likely N-dealkylation sites (tertiary alicyclic amines) is 1. The van der Waals surface area contributed by atoms with Gasteiger partial charge in [0, 0.05) is 24.4 Å². The van der Waals surface area contributed by atoms with Crippen molar-refractivity contribution in [3.63, 3.8) is 0 Å². The van der Waals surface area contributed by atoms with E-state index in [9.17, 15) is 9.59 Å². The standard InChI is InChI=1S/C21H22N2O4/c1-27-22-18-13-19(11-12-20(24)25)23(14-18)21(26)17-9-7-16(8-10-17)15-5-3-2-4-6-15/h2-10,19H,11-14H2,1H3,(H,24,25)/b22-18-/t19-/m1/s1. The monoisotopic (exact) mass is 366 g/mol. The van der Waals surface area contributed by atoms with Crippen molar-refractivity contribution in [2.75, 3.05) is 13.7 Å². The van der Waals surface area contributed by atoms with Gasteiger partial charge in [-0.05, 0) is 29.7 Å². The van der Waals surface area contributed by atoms with Gasteiger partial charge in [-0.1, -0.05) is 47.6 Å². The van der Waals surface area contributed by atoms with Crippen LogP contribution in [0.25, 0.3) is 11.1 Å². The summed E-state index contributed by atoms with van der Waals surface area (Å²) in [7, 11) is 1.46. The van der Waals surface area contributed by atoms with Crippen molar-refractivity contribution in [2.45, 2.75) is 25.3 Å². The molecule has 1 heterocycles. The number of benzene rings is 2. The predicted molar refractivity (Wildman–Crippen MR) is 103 cm³/mol. The number of carbonyl (C=O) groups is 2. The van der Waals surface area contributed by atoms with Crippen LogP contribution >= 0.6 is 0 Å². The Morgan fingerprint density at radius 3 is 2.41 bits per heavy atom. The zero-order valence-electron chi connectivity index (χ0n) is 15.2. The molecule has 1 amide bonds. The SMILES string of the molecule is CO/N=C1/C[C@@H](CCC(=O)O)N(C(=O)c2ccc(-c3ccccc3)cc2)C1. The molecule has 27 heavy (non-hydrogen) atoms. The third-order valence-corrected chi connectivity index (χ3v) is 4.68. The molecule has 140 valence electrons. The van der Waals surface area contributed by atoms with Crippen LogP contribution < -0.4 is 0 Å². The summed E-state index contributed by atoms with van der Waals surface area (Å²) >= 11 is 0. The summed E-state index contributed by atoms with van der Waals surface area (Å²) in [5, 5.41) is 12.9. The van der Waals surface area contributed by atoms with Gasteiger partial charge in [-0.3, -0.25) is 9.59 Å². The molecule has 0 bridgehead atoms. The molecule has 2 aromatic rings. The number of rotatable bonds is 6. The van der Waals surface area contributed by atoms with Gasteiger partial charge in [-0.25, -0.2) is 0 Å². The molecule has 0 unspecified atom stereocenters. The molecule has 2 aromatic carbocycles. The first kappa shape index (κ1) is 18.6. The summed E-state index contributed by atoms with van der Waals surface area (Å²) in [6, 6.07) is 17.2. The lowest BCUT2D eigenvalue weighted by Crippen LogP contribution is -2.36. The Morgan fingerprint density at radius 2 is 1.78 bits per heavy atom. The van der Waals surface area contributed by atoms with E-state index in [-0.39, 0.29) is 18.4 Å². The predicted octanol–water partition coefficient (Wildman–Crippen LogP) is 3.44. The van der Waals surface area contributed by atoms with E-state index in [1.54, 1.807) is 4.90 Å². The number of carboxylic acids is 1. The molecule has 6 heteroatoms. The zero-order valence-corrected chi connectivity index (χ0v) is 15.2. The average molecular weight is 366 g/mol. The fraction of sp³-hybridized carbons (Fsp3) is 0.286. The number of carbonyl (C=O) groups excluding carboxylic acids is 1. The molecule has 1 aliphatic heterocycles. The fourth-order valence-corrected chi connectivity index (χ4v) is 3.35. The Hall–Kier alpha value is -3.15. The highest BCUT2D eigenvalue weighted by atomic mass is 16.6. The number of hydrogen-bond acceptors (Lipinski definition) is 4. The Bertz CT molecular complexity index is 831. The number of hydrogen-bond donors (Lipinski definition) is 1. The Morgan fingerprint density at radius 1 is 1.11 bits per heavy atom. The van der Waals surface area contributed by atoms with Crippen molar-refractivity contribution < 1.29 is 19.5 Å². The second kappa shape index (κ2) is 8.49. The van der Waals surface area contributed by atoms with Crippen LogP contribution in [0.3, 0.4) is 0 Å². The quantitative estimate of drug-likeness (QED) is 0.795. The molecule has 3 rings (SSSR count). The smallest absolute Gasteiger partial charge is 0.303 e. The highest BCUT2D eigenvalue weighted by molar-refractivity contribution is 6.00. The van der Waals surface area contributed by atoms with Gasteiger partial charge < -0.3 is 14.8 Å². The van der Waals surface area contributed by atoms with E-state index in [1.165, 1.54) is 7.11 Å². The second-order valence-electron chi connectivity index (χ2n) is 6.51. The van der Waals surface area contributed by atoms with Crippen LogP contribution in [0.2, 0.25) is 0 Å². The topological polar surface area (TPSA) is 79.2 Å². The molecule has 0 spiro atoms. The molecule has 1 aliphatic rings. The van der Waals surface area contributed by atoms with Gasteiger partial charge in [-0.2, -0.15) is 0 Å². The minimum absolute atomic E-state index is 0.0155. The first-order chi connectivity index (χ1) is 13.1. The molecular formula is C21H22N2O4. The normalized spacial score (nSPS) is 17.9. The third-order valence-electron chi connectivity index (χ3n) is 4.68. The van der Waals surface area contributed by atoms with Crippen LogP contribution in [-0.4, -0.2) is 47.3 Å². The van der Waals surface area contributed by atoms with E-state index in [0.29, 0.717) is 24.9 Å². The highest BCUT2D eigenvalue weighted by Crippen LogP contribution is 2.24. The number of nitrogens with zero attached hydrogens (tertiary/aromatic N) is 2. The van der Waals surface area contributed by atoms with E-state index in [0.717, 1.165) is 16.8 Å². The van der Waals surface area contributed by atoms with Crippen LogP contribution in [0, 0.1) is 0 Å². The van der Waals surface area contributed by atoms with E-state index < -0.39 is 5.97 Å². The fourth-order valence-electron chi connectivity index (χ4n) is 3.35. The summed E-state index contributed by atoms with van der Waals surface area (Å²) in [6.07, 6.45) is 0.947. The lowest BCUT2D eigenvalue weighted by molar-refractivity contribution is -0.137. The van der Waals surface area contributed by atoms with Crippen LogP contribution in [0.4, 0.5) is 0 Å². The molecule has 1 saturated heterocycles. The molecule has 0 aliphatic carbocycles. The van der Waals surface area contributed by atoms with E-state index >= 15 is 0 Å². The summed E-state index contributed by atoms with van der Waals surface area (Å²) in [5.41, 5.74) is 3.46. The van der Waals surface area contributed by atoms with Crippen molar-refractivity contribution in [3.8, 4) is 11.1 Å². The average Bonchev–Trinajstić information content (AvgIpc) is 3.10. The van der Waals surface area contributed by atoms with Gasteiger partial charge >= 0.3 is 5.97 Å². The molecule has 6 nitrogen and oxygen atoms in total. The van der Waals surface area contributed by atoms with Gasteiger partial charge in [0.15, 0.2) is 0 Å².